The van der Waals surface area contributed by atoms with E-state index in [1.165, 1.54) is 16.7 Å². The normalized spacial score (nSPS) is 14.8. The van der Waals surface area contributed by atoms with Crippen molar-refractivity contribution in [2.45, 2.75) is 12.8 Å². The lowest BCUT2D eigenvalue weighted by Gasteiger charge is -2.13. The average molecular weight is 558 g/mol. The summed E-state index contributed by atoms with van der Waals surface area (Å²) in [7, 11) is 1.60. The summed E-state index contributed by atoms with van der Waals surface area (Å²) in [6.07, 6.45) is 3.98. The van der Waals surface area contributed by atoms with Crippen molar-refractivity contribution in [2.75, 3.05) is 13.7 Å². The van der Waals surface area contributed by atoms with Gasteiger partial charge in [0.2, 0.25) is 0 Å². The monoisotopic (exact) mass is 557 g/mol. The molecule has 2 aromatic carbocycles. The first-order chi connectivity index (χ1) is 16.4. The van der Waals surface area contributed by atoms with Crippen molar-refractivity contribution >= 4 is 62.2 Å². The summed E-state index contributed by atoms with van der Waals surface area (Å²) < 4.78 is 8.33. The Morgan fingerprint density at radius 2 is 2.03 bits per heavy atom. The number of methoxy groups -OCH3 is 1. The number of carbonyl (C=O) groups excluding carboxylic acids is 1. The highest BCUT2D eigenvalue weighted by atomic mass is 79.9. The Hall–Kier alpha value is -2.95. The van der Waals surface area contributed by atoms with Crippen LogP contribution in [0.2, 0.25) is 0 Å². The highest BCUT2D eigenvalue weighted by Gasteiger charge is 2.32. The Balaban J connectivity index is 1.72. The molecule has 0 aliphatic carbocycles. The fourth-order valence-electron chi connectivity index (χ4n) is 3.47. The van der Waals surface area contributed by atoms with Gasteiger partial charge in [-0.25, -0.2) is 4.68 Å². The second-order valence-corrected chi connectivity index (χ2v) is 9.92. The lowest BCUT2D eigenvalue weighted by atomic mass is 10.1. The van der Waals surface area contributed by atoms with Crippen LogP contribution in [0.25, 0.3) is 23.0 Å². The molecule has 1 aromatic heterocycles. The van der Waals surface area contributed by atoms with Crippen molar-refractivity contribution in [2.24, 2.45) is 0 Å². The third-order valence-electron chi connectivity index (χ3n) is 5.12. The summed E-state index contributed by atoms with van der Waals surface area (Å²) in [5.74, 6) is -0.422. The van der Waals surface area contributed by atoms with Gasteiger partial charge in [0.1, 0.15) is 15.8 Å². The maximum absolute atomic E-state index is 13.0. The van der Waals surface area contributed by atoms with Gasteiger partial charge in [0.05, 0.1) is 22.2 Å². The molecule has 34 heavy (non-hydrogen) atoms. The molecule has 1 N–H and O–H groups in total. The van der Waals surface area contributed by atoms with Gasteiger partial charge >= 0.3 is 5.97 Å². The molecule has 0 bridgehead atoms. The van der Waals surface area contributed by atoms with Crippen LogP contribution < -0.4 is 4.74 Å². The molecule has 1 aliphatic heterocycles. The molecule has 0 radical (unpaired) electrons. The molecule has 3 aromatic rings. The fourth-order valence-corrected chi connectivity index (χ4v) is 5.31. The largest absolute Gasteiger partial charge is 0.496 e. The van der Waals surface area contributed by atoms with Crippen LogP contribution in [0.3, 0.4) is 0 Å². The van der Waals surface area contributed by atoms with Crippen molar-refractivity contribution in [1.29, 1.82) is 0 Å². The number of halogens is 1. The summed E-state index contributed by atoms with van der Waals surface area (Å²) in [5, 5.41) is 13.7. The standard InChI is InChI=1S/C24H20BrN3O4S2/c1-32-19-10-9-15(12-18(19)25)22-16(14-28(26-22)17-6-3-2-4-7-17)13-20-23(31)27(24(33)34-20)11-5-8-21(29)30/h2-4,6-7,9-10,12-14H,5,8,11H2,1H3,(H,29,30)/b20-13+. The molecule has 1 amide bonds. The number of thioether (sulfide) groups is 1. The van der Waals surface area contributed by atoms with Gasteiger partial charge in [0.15, 0.2) is 0 Å². The number of hydrogen-bond donors (Lipinski definition) is 1. The predicted octanol–water partition coefficient (Wildman–Crippen LogP) is 5.38. The number of rotatable bonds is 8. The molecule has 0 spiro atoms. The van der Waals surface area contributed by atoms with Gasteiger partial charge < -0.3 is 9.84 Å². The van der Waals surface area contributed by atoms with E-state index in [-0.39, 0.29) is 18.9 Å². The van der Waals surface area contributed by atoms with E-state index in [0.717, 1.165) is 21.3 Å². The van der Waals surface area contributed by atoms with Crippen LogP contribution >= 0.6 is 39.9 Å². The van der Waals surface area contributed by atoms with E-state index >= 15 is 0 Å². The molecule has 7 nitrogen and oxygen atoms in total. The molecule has 0 atom stereocenters. The summed E-state index contributed by atoms with van der Waals surface area (Å²) in [6, 6.07) is 15.4. The first-order valence-corrected chi connectivity index (χ1v) is 12.4. The minimum atomic E-state index is -0.899. The van der Waals surface area contributed by atoms with E-state index in [1.807, 2.05) is 54.7 Å². The van der Waals surface area contributed by atoms with E-state index in [9.17, 15) is 9.59 Å². The minimum Gasteiger partial charge on any atom is -0.496 e. The number of carboxylic acids is 1. The van der Waals surface area contributed by atoms with Crippen molar-refractivity contribution in [3.05, 3.63) is 69.7 Å². The van der Waals surface area contributed by atoms with Crippen LogP contribution in [0.4, 0.5) is 0 Å². The quantitative estimate of drug-likeness (QED) is 0.294. The van der Waals surface area contributed by atoms with Gasteiger partial charge in [-0.15, -0.1) is 0 Å². The fraction of sp³-hybridized carbons (Fsp3) is 0.167. The average Bonchev–Trinajstić information content (AvgIpc) is 3.36. The number of aliphatic carboxylic acids is 1. The Bertz CT molecular complexity index is 1290. The lowest BCUT2D eigenvalue weighted by Crippen LogP contribution is -2.29. The number of carbonyl (C=O) groups is 2. The van der Waals surface area contributed by atoms with Crippen LogP contribution in [0.5, 0.6) is 5.75 Å². The number of ether oxygens (including phenoxy) is 1. The maximum Gasteiger partial charge on any atom is 0.303 e. The Morgan fingerprint density at radius 3 is 2.71 bits per heavy atom. The van der Waals surface area contributed by atoms with Crippen LogP contribution in [-0.2, 0) is 9.59 Å². The summed E-state index contributed by atoms with van der Waals surface area (Å²) in [6.45, 7) is 0.274. The van der Waals surface area contributed by atoms with Gasteiger partial charge in [-0.05, 0) is 58.8 Å². The van der Waals surface area contributed by atoms with Gasteiger partial charge in [0, 0.05) is 30.3 Å². The molecule has 4 rings (SSSR count). The molecule has 1 fully saturated rings. The maximum atomic E-state index is 13.0. The summed E-state index contributed by atoms with van der Waals surface area (Å²) in [4.78, 5) is 25.8. The van der Waals surface area contributed by atoms with E-state index in [4.69, 9.17) is 27.2 Å². The Morgan fingerprint density at radius 1 is 1.26 bits per heavy atom. The van der Waals surface area contributed by atoms with Crippen LogP contribution in [0.15, 0.2) is 64.1 Å². The number of amides is 1. The first kappa shape index (κ1) is 24.2. The molecule has 0 saturated carbocycles. The molecular formula is C24H20BrN3O4S2. The van der Waals surface area contributed by atoms with Crippen molar-refractivity contribution in [1.82, 2.24) is 14.7 Å². The van der Waals surface area contributed by atoms with Crippen molar-refractivity contribution in [3.63, 3.8) is 0 Å². The van der Waals surface area contributed by atoms with Gasteiger partial charge in [-0.3, -0.25) is 14.5 Å². The number of benzene rings is 2. The zero-order valence-electron chi connectivity index (χ0n) is 18.1. The van der Waals surface area contributed by atoms with Crippen LogP contribution in [0.1, 0.15) is 18.4 Å². The van der Waals surface area contributed by atoms with E-state index in [0.29, 0.717) is 27.1 Å². The van der Waals surface area contributed by atoms with Crippen LogP contribution in [0, 0.1) is 0 Å². The molecule has 1 saturated heterocycles. The van der Waals surface area contributed by atoms with Gasteiger partial charge in [-0.2, -0.15) is 5.10 Å². The van der Waals surface area contributed by atoms with Crippen molar-refractivity contribution in [3.8, 4) is 22.7 Å². The highest BCUT2D eigenvalue weighted by molar-refractivity contribution is 9.10. The van der Waals surface area contributed by atoms with Crippen LogP contribution in [-0.4, -0.2) is 49.6 Å². The second kappa shape index (κ2) is 10.5. The van der Waals surface area contributed by atoms with Crippen molar-refractivity contribution < 1.29 is 19.4 Å². The number of nitrogens with zero attached hydrogens (tertiary/aromatic N) is 3. The smallest absolute Gasteiger partial charge is 0.303 e. The highest BCUT2D eigenvalue weighted by Crippen LogP contribution is 2.36. The predicted molar refractivity (Wildman–Crippen MR) is 140 cm³/mol. The second-order valence-electron chi connectivity index (χ2n) is 7.39. The molecular weight excluding hydrogens is 538 g/mol. The number of para-hydroxylation sites is 1. The minimum absolute atomic E-state index is 0.0174. The lowest BCUT2D eigenvalue weighted by molar-refractivity contribution is -0.137. The third kappa shape index (κ3) is 5.24. The van der Waals surface area contributed by atoms with E-state index < -0.39 is 5.97 Å². The molecule has 1 aliphatic rings. The number of carboxylic acid groups (broad SMARTS) is 1. The van der Waals surface area contributed by atoms with E-state index in [2.05, 4.69) is 15.9 Å². The molecule has 2 heterocycles. The third-order valence-corrected chi connectivity index (χ3v) is 7.12. The van der Waals surface area contributed by atoms with Gasteiger partial charge in [-0.1, -0.05) is 42.2 Å². The zero-order chi connectivity index (χ0) is 24.2. The SMILES string of the molecule is COc1ccc(-c2nn(-c3ccccc3)cc2/C=C2/SC(=S)N(CCCC(=O)O)C2=O)cc1Br. The Labute approximate surface area is 214 Å². The first-order valence-electron chi connectivity index (χ1n) is 10.3. The molecule has 174 valence electrons. The van der Waals surface area contributed by atoms with E-state index in [1.54, 1.807) is 17.9 Å². The number of thiocarbonyl (C=S) groups is 1. The van der Waals surface area contributed by atoms with Gasteiger partial charge in [0.25, 0.3) is 5.91 Å². The Kier molecular flexibility index (Phi) is 7.50. The molecule has 0 unspecified atom stereocenters. The number of aromatic nitrogens is 2. The topological polar surface area (TPSA) is 84.7 Å². The number of hydrogen-bond acceptors (Lipinski definition) is 6. The summed E-state index contributed by atoms with van der Waals surface area (Å²) in [5.41, 5.74) is 3.19. The zero-order valence-corrected chi connectivity index (χ0v) is 21.3. The molecule has 10 heteroatoms. The summed E-state index contributed by atoms with van der Waals surface area (Å²) >= 11 is 10.1.